The number of halogens is 1. The largest absolute Gasteiger partial charge is 0.497 e. The van der Waals surface area contributed by atoms with E-state index in [2.05, 4.69) is 61.7 Å². The van der Waals surface area contributed by atoms with Crippen LogP contribution in [0.4, 0.5) is 10.5 Å². The number of fused-ring (bicyclic) bond motifs is 1. The Morgan fingerprint density at radius 1 is 1.09 bits per heavy atom. The van der Waals surface area contributed by atoms with Crippen LogP contribution in [0.15, 0.2) is 55.3 Å². The predicted octanol–water partition coefficient (Wildman–Crippen LogP) is 8.69. The van der Waals surface area contributed by atoms with E-state index in [-0.39, 0.29) is 17.2 Å². The van der Waals surface area contributed by atoms with Crippen LogP contribution in [0.3, 0.4) is 0 Å². The summed E-state index contributed by atoms with van der Waals surface area (Å²) in [4.78, 5) is 29.4. The van der Waals surface area contributed by atoms with Crippen LogP contribution in [0.25, 0.3) is 5.57 Å². The number of ether oxygens (including phenoxy) is 4. The van der Waals surface area contributed by atoms with Crippen molar-refractivity contribution in [1.82, 2.24) is 5.32 Å². The topological polar surface area (TPSA) is 95.6 Å². The SMILES string of the molecule is C=CCOC(=O)N1c2cc(OCCCCCBr)c(OC)cc2C(=O)N/C=C(/c2ccc(OC)cc2)CCC1O[Si](C)(C)C(C)(C)C. The molecule has 1 heterocycles. The second-order valence-corrected chi connectivity index (χ2v) is 18.1. The summed E-state index contributed by atoms with van der Waals surface area (Å²) >= 11 is 3.47. The molecule has 1 N–H and O–H groups in total. The third-order valence-corrected chi connectivity index (χ3v) is 13.4. The molecule has 46 heavy (non-hydrogen) atoms. The fraction of sp³-hybridized carbons (Fsp3) is 0.486. The molecular weight excluding hydrogens is 668 g/mol. The summed E-state index contributed by atoms with van der Waals surface area (Å²) in [5, 5.41) is 3.72. The highest BCUT2D eigenvalue weighted by Gasteiger charge is 2.43. The number of methoxy groups -OCH3 is 2. The molecule has 0 fully saturated rings. The number of benzene rings is 2. The van der Waals surface area contributed by atoms with E-state index in [0.29, 0.717) is 36.6 Å². The molecule has 1 aliphatic rings. The van der Waals surface area contributed by atoms with Crippen LogP contribution in [0.5, 0.6) is 17.2 Å². The van der Waals surface area contributed by atoms with Crippen molar-refractivity contribution in [3.8, 4) is 17.2 Å². The van der Waals surface area contributed by atoms with Crippen molar-refractivity contribution >= 4 is 47.5 Å². The highest BCUT2D eigenvalue weighted by Crippen LogP contribution is 2.42. The second kappa shape index (κ2) is 17.0. The number of unbranched alkanes of at least 4 members (excludes halogenated alkanes) is 2. The first-order valence-corrected chi connectivity index (χ1v) is 19.7. The number of amides is 2. The van der Waals surface area contributed by atoms with Gasteiger partial charge in [-0.1, -0.05) is 61.5 Å². The number of hydrogen-bond donors (Lipinski definition) is 1. The summed E-state index contributed by atoms with van der Waals surface area (Å²) in [5.41, 5.74) is 2.32. The summed E-state index contributed by atoms with van der Waals surface area (Å²) in [6, 6.07) is 10.9. The van der Waals surface area contributed by atoms with Crippen LogP contribution in [0.2, 0.25) is 18.1 Å². The molecule has 9 nitrogen and oxygen atoms in total. The molecule has 0 aromatic heterocycles. The quantitative estimate of drug-likeness (QED) is 0.0959. The number of carbonyl (C=O) groups excluding carboxylic acids is 2. The maximum atomic E-state index is 14.0. The van der Waals surface area contributed by atoms with Gasteiger partial charge in [-0.05, 0) is 79.6 Å². The number of anilines is 1. The average molecular weight is 718 g/mol. The van der Waals surface area contributed by atoms with E-state index in [0.717, 1.165) is 41.5 Å². The second-order valence-electron chi connectivity index (χ2n) is 12.6. The summed E-state index contributed by atoms with van der Waals surface area (Å²) in [7, 11) is 0.683. The van der Waals surface area contributed by atoms with Crippen molar-refractivity contribution in [1.29, 1.82) is 0 Å². The highest BCUT2D eigenvalue weighted by atomic mass is 79.9. The lowest BCUT2D eigenvalue weighted by Gasteiger charge is -2.43. The number of rotatable bonds is 13. The summed E-state index contributed by atoms with van der Waals surface area (Å²) in [5.74, 6) is 1.11. The van der Waals surface area contributed by atoms with Crippen LogP contribution in [0.1, 0.15) is 68.8 Å². The predicted molar refractivity (Wildman–Crippen MR) is 190 cm³/mol. The molecule has 252 valence electrons. The van der Waals surface area contributed by atoms with Gasteiger partial charge in [0.2, 0.25) is 0 Å². The number of allylic oxidation sites excluding steroid dienone is 1. The Morgan fingerprint density at radius 3 is 2.41 bits per heavy atom. The molecule has 0 radical (unpaired) electrons. The van der Waals surface area contributed by atoms with Gasteiger partial charge in [0.25, 0.3) is 5.91 Å². The van der Waals surface area contributed by atoms with Gasteiger partial charge in [-0.3, -0.25) is 9.69 Å². The first-order chi connectivity index (χ1) is 21.9. The van der Waals surface area contributed by atoms with Gasteiger partial charge < -0.3 is 28.7 Å². The first kappa shape index (κ1) is 37.2. The summed E-state index contributed by atoms with van der Waals surface area (Å²) < 4.78 is 29.9. The molecule has 2 aromatic rings. The lowest BCUT2D eigenvalue weighted by molar-refractivity contribution is 0.0968. The molecule has 0 saturated carbocycles. The maximum absolute atomic E-state index is 14.0. The maximum Gasteiger partial charge on any atom is 0.416 e. The molecule has 2 aromatic carbocycles. The van der Waals surface area contributed by atoms with Gasteiger partial charge >= 0.3 is 6.09 Å². The standard InChI is InChI=1S/C35H49BrN2O7Si/c1-9-20-44-34(40)38-29-23-31(43-21-12-10-11-19-36)30(42-6)22-28(29)33(39)37-24-26(25-13-16-27(41-5)17-14-25)15-18-32(38)45-46(7,8)35(2,3)4/h9,13-14,16-17,22-24,32H,1,10-12,15,18-21H2,2-8H3,(H,37,39)/b26-24+. The van der Waals surface area contributed by atoms with Crippen LogP contribution in [-0.4, -0.2) is 59.3 Å². The Morgan fingerprint density at radius 2 is 1.80 bits per heavy atom. The molecule has 1 unspecified atom stereocenters. The minimum Gasteiger partial charge on any atom is -0.497 e. The van der Waals surface area contributed by atoms with Crippen molar-refractivity contribution < 1.29 is 33.0 Å². The van der Waals surface area contributed by atoms with E-state index in [1.807, 2.05) is 24.3 Å². The van der Waals surface area contributed by atoms with Gasteiger partial charge in [-0.2, -0.15) is 0 Å². The van der Waals surface area contributed by atoms with E-state index in [4.69, 9.17) is 23.4 Å². The van der Waals surface area contributed by atoms with Crippen LogP contribution >= 0.6 is 15.9 Å². The smallest absolute Gasteiger partial charge is 0.416 e. The Bertz CT molecular complexity index is 1370. The van der Waals surface area contributed by atoms with E-state index in [9.17, 15) is 9.59 Å². The van der Waals surface area contributed by atoms with E-state index in [1.165, 1.54) is 18.1 Å². The minimum absolute atomic E-state index is 0.00619. The van der Waals surface area contributed by atoms with Gasteiger partial charge in [0.1, 0.15) is 18.6 Å². The van der Waals surface area contributed by atoms with Gasteiger partial charge in [0, 0.05) is 17.6 Å². The number of hydrogen-bond acceptors (Lipinski definition) is 7. The zero-order valence-corrected chi connectivity index (χ0v) is 30.8. The van der Waals surface area contributed by atoms with Gasteiger partial charge in [-0.15, -0.1) is 0 Å². The minimum atomic E-state index is -2.46. The molecular formula is C35H49BrN2O7Si. The van der Waals surface area contributed by atoms with E-state index >= 15 is 0 Å². The molecule has 1 aliphatic heterocycles. The number of carbonyl (C=O) groups is 2. The first-order valence-electron chi connectivity index (χ1n) is 15.7. The zero-order chi connectivity index (χ0) is 33.9. The number of nitrogens with one attached hydrogen (secondary N) is 1. The van der Waals surface area contributed by atoms with Gasteiger partial charge in [-0.25, -0.2) is 4.79 Å². The fourth-order valence-corrected chi connectivity index (χ4v) is 6.35. The molecule has 1 atom stereocenters. The van der Waals surface area contributed by atoms with Crippen molar-refractivity contribution in [2.75, 3.05) is 37.7 Å². The third kappa shape index (κ3) is 9.62. The Hall–Kier alpha value is -3.28. The molecule has 0 aliphatic carbocycles. The Kier molecular flexibility index (Phi) is 13.8. The number of alkyl halides is 1. The lowest BCUT2D eigenvalue weighted by Crippen LogP contribution is -2.52. The van der Waals surface area contributed by atoms with Crippen LogP contribution < -0.4 is 24.4 Å². The Labute approximate surface area is 283 Å². The van der Waals surface area contributed by atoms with Crippen LogP contribution in [0, 0.1) is 0 Å². The fourth-order valence-electron chi connectivity index (χ4n) is 4.70. The summed E-state index contributed by atoms with van der Waals surface area (Å²) in [6.07, 6.45) is 5.62. The summed E-state index contributed by atoms with van der Waals surface area (Å²) in [6.45, 7) is 14.9. The monoisotopic (exact) mass is 716 g/mol. The van der Waals surface area contributed by atoms with Gasteiger partial charge in [0.05, 0.1) is 32.1 Å². The zero-order valence-electron chi connectivity index (χ0n) is 28.2. The highest BCUT2D eigenvalue weighted by molar-refractivity contribution is 9.09. The third-order valence-electron chi connectivity index (χ3n) is 8.37. The molecule has 0 bridgehead atoms. The van der Waals surface area contributed by atoms with Crippen molar-refractivity contribution in [2.45, 2.75) is 77.2 Å². The van der Waals surface area contributed by atoms with E-state index in [1.54, 1.807) is 25.4 Å². The normalized spacial score (nSPS) is 16.8. The average Bonchev–Trinajstić information content (AvgIpc) is 3.02. The van der Waals surface area contributed by atoms with Crippen molar-refractivity contribution in [3.63, 3.8) is 0 Å². The molecule has 0 spiro atoms. The van der Waals surface area contributed by atoms with Crippen LogP contribution in [-0.2, 0) is 9.16 Å². The van der Waals surface area contributed by atoms with Gasteiger partial charge in [0.15, 0.2) is 19.8 Å². The molecule has 3 rings (SSSR count). The lowest BCUT2D eigenvalue weighted by atomic mass is 10.00. The van der Waals surface area contributed by atoms with Crippen molar-refractivity contribution in [3.05, 3.63) is 66.4 Å². The molecule has 2 amide bonds. The Balaban J connectivity index is 2.23. The van der Waals surface area contributed by atoms with Crippen molar-refractivity contribution in [2.24, 2.45) is 0 Å². The number of nitrogens with zero attached hydrogens (tertiary/aromatic N) is 1. The molecule has 11 heteroatoms. The van der Waals surface area contributed by atoms with E-state index < -0.39 is 26.5 Å². The molecule has 0 saturated heterocycles.